The molecule has 0 spiro atoms. The van der Waals surface area contributed by atoms with Gasteiger partial charge in [-0.15, -0.1) is 0 Å². The molecule has 1 aliphatic carbocycles. The van der Waals surface area contributed by atoms with Crippen LogP contribution in [0.4, 0.5) is 0 Å². The zero-order chi connectivity index (χ0) is 9.80. The maximum Gasteiger partial charge on any atom is 0.227 e. The lowest BCUT2D eigenvalue weighted by molar-refractivity contribution is 0.216. The molecule has 0 N–H and O–H groups in total. The fourth-order valence-corrected chi connectivity index (χ4v) is 1.95. The van der Waals surface area contributed by atoms with Crippen molar-refractivity contribution in [2.24, 2.45) is 5.92 Å². The number of ether oxygens (including phenoxy) is 1. The van der Waals surface area contributed by atoms with E-state index in [0.717, 1.165) is 17.0 Å². The zero-order valence-electron chi connectivity index (χ0n) is 8.08. The Morgan fingerprint density at radius 3 is 3.00 bits per heavy atom. The Kier molecular flexibility index (Phi) is 3.40. The number of nitrogens with zero attached hydrogens (tertiary/aromatic N) is 1. The molecule has 76 valence electrons. The van der Waals surface area contributed by atoms with Crippen LogP contribution in [0.5, 0.6) is 5.88 Å². The van der Waals surface area contributed by atoms with E-state index in [1.54, 1.807) is 6.20 Å². The molecule has 0 saturated heterocycles. The molecule has 3 heteroatoms. The first-order valence-corrected chi connectivity index (χ1v) is 5.89. The Morgan fingerprint density at radius 2 is 2.36 bits per heavy atom. The highest BCUT2D eigenvalue weighted by atomic mass is 79.9. The van der Waals surface area contributed by atoms with Gasteiger partial charge in [0.15, 0.2) is 0 Å². The molecule has 1 heterocycles. The van der Waals surface area contributed by atoms with Gasteiger partial charge in [0.2, 0.25) is 5.88 Å². The summed E-state index contributed by atoms with van der Waals surface area (Å²) in [4.78, 5) is 4.15. The maximum absolute atomic E-state index is 5.59. The van der Waals surface area contributed by atoms with Crippen LogP contribution in [-0.2, 0) is 0 Å². The highest BCUT2D eigenvalue weighted by Crippen LogP contribution is 2.29. The van der Waals surface area contributed by atoms with Gasteiger partial charge in [-0.2, -0.15) is 0 Å². The molecule has 0 aromatic carbocycles. The Labute approximate surface area is 92.8 Å². The molecule has 0 atom stereocenters. The first kappa shape index (κ1) is 9.97. The Hall–Kier alpha value is -0.570. The quantitative estimate of drug-likeness (QED) is 0.823. The van der Waals surface area contributed by atoms with E-state index in [1.165, 1.54) is 25.7 Å². The monoisotopic (exact) mass is 255 g/mol. The third-order valence-corrected chi connectivity index (χ3v) is 3.32. The van der Waals surface area contributed by atoms with Crippen LogP contribution in [-0.4, -0.2) is 11.6 Å². The van der Waals surface area contributed by atoms with Gasteiger partial charge in [0.1, 0.15) is 0 Å². The summed E-state index contributed by atoms with van der Waals surface area (Å²) in [5.41, 5.74) is 0. The third kappa shape index (κ3) is 2.47. The van der Waals surface area contributed by atoms with Gasteiger partial charge in [0.05, 0.1) is 11.1 Å². The van der Waals surface area contributed by atoms with E-state index < -0.39 is 0 Å². The molecule has 2 rings (SSSR count). The molecule has 0 aliphatic heterocycles. The van der Waals surface area contributed by atoms with Gasteiger partial charge in [-0.1, -0.05) is 19.3 Å². The average Bonchev–Trinajstić information content (AvgIpc) is 2.12. The fraction of sp³-hybridized carbons (Fsp3) is 0.545. The zero-order valence-corrected chi connectivity index (χ0v) is 9.66. The lowest BCUT2D eigenvalue weighted by Crippen LogP contribution is -2.14. The second-order valence-electron chi connectivity index (χ2n) is 3.72. The Bertz CT molecular complexity index is 299. The molecule has 1 aliphatic rings. The van der Waals surface area contributed by atoms with E-state index in [4.69, 9.17) is 4.74 Å². The van der Waals surface area contributed by atoms with Crippen molar-refractivity contribution in [1.29, 1.82) is 0 Å². The molecular formula is C11H14BrNO. The minimum atomic E-state index is 0.715. The van der Waals surface area contributed by atoms with Crippen molar-refractivity contribution in [3.63, 3.8) is 0 Å². The number of aromatic nitrogens is 1. The van der Waals surface area contributed by atoms with Gasteiger partial charge >= 0.3 is 0 Å². The number of rotatable bonds is 4. The molecular weight excluding hydrogens is 242 g/mol. The van der Waals surface area contributed by atoms with E-state index in [2.05, 4.69) is 20.9 Å². The summed E-state index contributed by atoms with van der Waals surface area (Å²) in [5, 5.41) is 0. The number of pyridine rings is 1. The summed E-state index contributed by atoms with van der Waals surface area (Å²) in [7, 11) is 0. The highest BCUT2D eigenvalue weighted by molar-refractivity contribution is 9.10. The van der Waals surface area contributed by atoms with Crippen LogP contribution in [0.3, 0.4) is 0 Å². The van der Waals surface area contributed by atoms with Gasteiger partial charge in [-0.05, 0) is 40.4 Å². The van der Waals surface area contributed by atoms with Gasteiger partial charge in [-0.25, -0.2) is 4.98 Å². The lowest BCUT2D eigenvalue weighted by Gasteiger charge is -2.24. The molecule has 0 amide bonds. The summed E-state index contributed by atoms with van der Waals surface area (Å²) in [5.74, 6) is 1.62. The number of hydrogen-bond donors (Lipinski definition) is 0. The summed E-state index contributed by atoms with van der Waals surface area (Å²) >= 11 is 3.41. The Morgan fingerprint density at radius 1 is 1.50 bits per heavy atom. The van der Waals surface area contributed by atoms with Crippen LogP contribution in [0.1, 0.15) is 25.7 Å². The number of halogens is 1. The normalized spacial score (nSPS) is 16.4. The van der Waals surface area contributed by atoms with Crippen molar-refractivity contribution in [3.05, 3.63) is 22.8 Å². The van der Waals surface area contributed by atoms with Crippen LogP contribution < -0.4 is 4.74 Å². The van der Waals surface area contributed by atoms with Gasteiger partial charge in [0.25, 0.3) is 0 Å². The second kappa shape index (κ2) is 4.78. The molecule has 0 unspecified atom stereocenters. The molecule has 1 aromatic rings. The summed E-state index contributed by atoms with van der Waals surface area (Å²) in [6.45, 7) is 0.792. The van der Waals surface area contributed by atoms with Crippen molar-refractivity contribution in [2.75, 3.05) is 6.61 Å². The Balaban J connectivity index is 1.76. The van der Waals surface area contributed by atoms with Crippen LogP contribution in [0.15, 0.2) is 22.8 Å². The van der Waals surface area contributed by atoms with Gasteiger partial charge in [0, 0.05) is 6.20 Å². The summed E-state index contributed by atoms with van der Waals surface area (Å²) in [6, 6.07) is 3.84. The van der Waals surface area contributed by atoms with E-state index in [1.807, 2.05) is 12.1 Å². The van der Waals surface area contributed by atoms with E-state index in [-0.39, 0.29) is 0 Å². The smallest absolute Gasteiger partial charge is 0.227 e. The average molecular weight is 256 g/mol. The molecule has 14 heavy (non-hydrogen) atoms. The molecule has 0 bridgehead atoms. The van der Waals surface area contributed by atoms with Crippen molar-refractivity contribution >= 4 is 15.9 Å². The summed E-state index contributed by atoms with van der Waals surface area (Å²) < 4.78 is 6.52. The molecule has 1 fully saturated rings. The van der Waals surface area contributed by atoms with E-state index >= 15 is 0 Å². The van der Waals surface area contributed by atoms with Crippen LogP contribution in [0, 0.1) is 5.92 Å². The SMILES string of the molecule is Brc1cccnc1OCCC1CCC1. The van der Waals surface area contributed by atoms with Crippen LogP contribution >= 0.6 is 15.9 Å². The summed E-state index contributed by atoms with van der Waals surface area (Å²) in [6.07, 6.45) is 7.09. The first-order chi connectivity index (χ1) is 6.86. The molecule has 1 aromatic heterocycles. The standard InChI is InChI=1S/C11H14BrNO/c12-10-5-2-7-13-11(10)14-8-6-9-3-1-4-9/h2,5,7,9H,1,3-4,6,8H2. The fourth-order valence-electron chi connectivity index (χ4n) is 1.58. The van der Waals surface area contributed by atoms with Crippen LogP contribution in [0.2, 0.25) is 0 Å². The predicted octanol–water partition coefficient (Wildman–Crippen LogP) is 3.41. The maximum atomic E-state index is 5.59. The third-order valence-electron chi connectivity index (χ3n) is 2.71. The topological polar surface area (TPSA) is 22.1 Å². The van der Waals surface area contributed by atoms with E-state index in [9.17, 15) is 0 Å². The van der Waals surface area contributed by atoms with Crippen molar-refractivity contribution < 1.29 is 4.74 Å². The van der Waals surface area contributed by atoms with Crippen molar-refractivity contribution in [2.45, 2.75) is 25.7 Å². The molecule has 2 nitrogen and oxygen atoms in total. The van der Waals surface area contributed by atoms with Crippen molar-refractivity contribution in [3.8, 4) is 5.88 Å². The largest absolute Gasteiger partial charge is 0.477 e. The second-order valence-corrected chi connectivity index (χ2v) is 4.58. The molecule has 0 radical (unpaired) electrons. The predicted molar refractivity (Wildman–Crippen MR) is 59.4 cm³/mol. The number of hydrogen-bond acceptors (Lipinski definition) is 2. The minimum Gasteiger partial charge on any atom is -0.477 e. The first-order valence-electron chi connectivity index (χ1n) is 5.09. The van der Waals surface area contributed by atoms with E-state index in [0.29, 0.717) is 5.88 Å². The lowest BCUT2D eigenvalue weighted by atomic mass is 9.83. The minimum absolute atomic E-state index is 0.715. The van der Waals surface area contributed by atoms with Crippen LogP contribution in [0.25, 0.3) is 0 Å². The molecule has 1 saturated carbocycles. The highest BCUT2D eigenvalue weighted by Gasteiger charge is 2.17. The van der Waals surface area contributed by atoms with Crippen molar-refractivity contribution in [1.82, 2.24) is 4.98 Å². The van der Waals surface area contributed by atoms with Gasteiger partial charge in [-0.3, -0.25) is 0 Å². The van der Waals surface area contributed by atoms with Gasteiger partial charge < -0.3 is 4.74 Å².